The molecule has 2 aromatic rings. The first kappa shape index (κ1) is 16.2. The second kappa shape index (κ2) is 6.92. The molecule has 0 radical (unpaired) electrons. The number of carbonyl (C=O) groups is 1. The number of rotatable bonds is 3. The number of pyridine rings is 1. The van der Waals surface area contributed by atoms with Gasteiger partial charge in [0.15, 0.2) is 0 Å². The molecule has 1 amide bonds. The summed E-state index contributed by atoms with van der Waals surface area (Å²) in [6, 6.07) is 0. The maximum atomic E-state index is 12.7. The van der Waals surface area contributed by atoms with Crippen LogP contribution in [0, 0.1) is 6.92 Å². The number of carbonyl (C=O) groups excluding carboxylic acids is 1. The Morgan fingerprint density at radius 3 is 3.12 bits per heavy atom. The largest absolute Gasteiger partial charge is 0.345 e. The Morgan fingerprint density at radius 2 is 2.20 bits per heavy atom. The van der Waals surface area contributed by atoms with Crippen molar-refractivity contribution in [3.63, 3.8) is 0 Å². The average molecular weight is 340 g/mol. The van der Waals surface area contributed by atoms with E-state index in [0.29, 0.717) is 12.4 Å². The van der Waals surface area contributed by atoms with E-state index in [-0.39, 0.29) is 5.91 Å². The highest BCUT2D eigenvalue weighted by Gasteiger charge is 2.21. The van der Waals surface area contributed by atoms with Crippen LogP contribution in [0.5, 0.6) is 0 Å². The van der Waals surface area contributed by atoms with Crippen molar-refractivity contribution >= 4 is 5.91 Å². The van der Waals surface area contributed by atoms with Gasteiger partial charge < -0.3 is 15.2 Å². The van der Waals surface area contributed by atoms with E-state index in [0.717, 1.165) is 62.4 Å². The molecule has 0 fully saturated rings. The van der Waals surface area contributed by atoms with Gasteiger partial charge in [0.1, 0.15) is 5.82 Å². The van der Waals surface area contributed by atoms with E-state index in [9.17, 15) is 4.79 Å². The lowest BCUT2D eigenvalue weighted by Crippen LogP contribution is -2.30. The van der Waals surface area contributed by atoms with Crippen LogP contribution in [0.1, 0.15) is 58.1 Å². The molecule has 2 N–H and O–H groups in total. The zero-order chi connectivity index (χ0) is 17.2. The first-order valence-electron chi connectivity index (χ1n) is 9.11. The number of nitrogens with one attached hydrogen (secondary N) is 2. The molecule has 4 heterocycles. The van der Waals surface area contributed by atoms with Crippen LogP contribution in [-0.2, 0) is 32.5 Å². The second-order valence-electron chi connectivity index (χ2n) is 6.84. The molecule has 2 aliphatic rings. The van der Waals surface area contributed by atoms with Crippen LogP contribution in [0.25, 0.3) is 0 Å². The lowest BCUT2D eigenvalue weighted by Gasteiger charge is -2.21. The third kappa shape index (κ3) is 3.16. The van der Waals surface area contributed by atoms with Crippen LogP contribution >= 0.6 is 0 Å². The van der Waals surface area contributed by atoms with Crippen molar-refractivity contribution in [1.29, 1.82) is 0 Å². The monoisotopic (exact) mass is 340 g/mol. The highest BCUT2D eigenvalue weighted by atomic mass is 16.2. The van der Waals surface area contributed by atoms with Crippen molar-refractivity contribution in [2.45, 2.75) is 58.7 Å². The number of aryl methyl sites for hydroxylation is 2. The van der Waals surface area contributed by atoms with E-state index in [2.05, 4.69) is 25.8 Å². The Hall–Kier alpha value is -2.28. The van der Waals surface area contributed by atoms with Crippen molar-refractivity contribution < 1.29 is 4.79 Å². The van der Waals surface area contributed by atoms with Gasteiger partial charge in [-0.25, -0.2) is 0 Å². The average Bonchev–Trinajstić information content (AvgIpc) is 2.89. The molecule has 0 aliphatic carbocycles. The minimum Gasteiger partial charge on any atom is -0.345 e. The molecule has 4 rings (SSSR count). The van der Waals surface area contributed by atoms with E-state index in [4.69, 9.17) is 0 Å². The van der Waals surface area contributed by atoms with Crippen molar-refractivity contribution in [2.75, 3.05) is 6.54 Å². The molecule has 2 aromatic heterocycles. The Morgan fingerprint density at radius 1 is 1.28 bits per heavy atom. The fraction of sp³-hybridized carbons (Fsp3) is 0.556. The molecule has 0 atom stereocenters. The number of nitrogens with zero attached hydrogens (tertiary/aromatic N) is 4. The number of amides is 1. The number of hydrogen-bond acceptors (Lipinski definition) is 5. The third-order valence-electron chi connectivity index (χ3n) is 5.21. The molecule has 7 heteroatoms. The molecule has 0 saturated carbocycles. The van der Waals surface area contributed by atoms with Crippen LogP contribution in [0.3, 0.4) is 0 Å². The van der Waals surface area contributed by atoms with Crippen LogP contribution < -0.4 is 10.6 Å². The maximum Gasteiger partial charge on any atom is 0.289 e. The van der Waals surface area contributed by atoms with Gasteiger partial charge in [-0.3, -0.25) is 9.78 Å². The number of aromatic nitrogens is 4. The second-order valence-corrected chi connectivity index (χ2v) is 6.84. The van der Waals surface area contributed by atoms with Crippen molar-refractivity contribution in [1.82, 2.24) is 30.4 Å². The Bertz CT molecular complexity index is 797. The van der Waals surface area contributed by atoms with E-state index in [1.807, 2.05) is 17.7 Å². The molecule has 2 aliphatic heterocycles. The van der Waals surface area contributed by atoms with Gasteiger partial charge >= 0.3 is 0 Å². The number of hydrogen-bond donors (Lipinski definition) is 2. The number of fused-ring (bicyclic) bond motifs is 2. The first-order chi connectivity index (χ1) is 12.2. The van der Waals surface area contributed by atoms with Gasteiger partial charge in [0.05, 0.1) is 0 Å². The summed E-state index contributed by atoms with van der Waals surface area (Å²) in [6.45, 7) is 5.14. The van der Waals surface area contributed by atoms with E-state index < -0.39 is 0 Å². The predicted octanol–water partition coefficient (Wildman–Crippen LogP) is 1.28. The van der Waals surface area contributed by atoms with E-state index in [1.54, 1.807) is 0 Å². The first-order valence-corrected chi connectivity index (χ1v) is 9.11. The summed E-state index contributed by atoms with van der Waals surface area (Å²) in [6.07, 6.45) is 7.20. The fourth-order valence-corrected chi connectivity index (χ4v) is 3.78. The molecule has 132 valence electrons. The van der Waals surface area contributed by atoms with Gasteiger partial charge in [-0.1, -0.05) is 6.42 Å². The Balaban J connectivity index is 1.53. The Kier molecular flexibility index (Phi) is 4.48. The minimum atomic E-state index is -0.147. The van der Waals surface area contributed by atoms with Crippen molar-refractivity contribution in [2.24, 2.45) is 0 Å². The zero-order valence-corrected chi connectivity index (χ0v) is 14.6. The van der Waals surface area contributed by atoms with E-state index >= 15 is 0 Å². The molecule has 0 bridgehead atoms. The van der Waals surface area contributed by atoms with Gasteiger partial charge in [-0.05, 0) is 49.4 Å². The fourth-order valence-electron chi connectivity index (χ4n) is 3.78. The topological polar surface area (TPSA) is 84.7 Å². The van der Waals surface area contributed by atoms with Gasteiger partial charge in [0.2, 0.25) is 5.82 Å². The van der Waals surface area contributed by atoms with Crippen molar-refractivity contribution in [3.05, 3.63) is 40.2 Å². The molecular formula is C18H24N6O. The standard InChI is InChI=1S/C18H24N6O/c1-12-15(14-6-7-19-9-13(14)10-20-12)11-21-18(25)17-23-22-16-5-3-2-4-8-24(16)17/h10,19H,2-9,11H2,1H3,(H,21,25). The lowest BCUT2D eigenvalue weighted by molar-refractivity contribution is 0.0935. The summed E-state index contributed by atoms with van der Waals surface area (Å²) in [7, 11) is 0. The van der Waals surface area contributed by atoms with Crippen LogP contribution in [0.4, 0.5) is 0 Å². The van der Waals surface area contributed by atoms with Gasteiger partial charge in [0, 0.05) is 37.9 Å². The van der Waals surface area contributed by atoms with Gasteiger partial charge in [-0.2, -0.15) is 0 Å². The van der Waals surface area contributed by atoms with Crippen LogP contribution in [-0.4, -0.2) is 32.2 Å². The van der Waals surface area contributed by atoms with Crippen LogP contribution in [0.15, 0.2) is 6.20 Å². The summed E-state index contributed by atoms with van der Waals surface area (Å²) in [4.78, 5) is 17.2. The summed E-state index contributed by atoms with van der Waals surface area (Å²) in [5.41, 5.74) is 4.69. The lowest BCUT2D eigenvalue weighted by atomic mass is 9.96. The maximum absolute atomic E-state index is 12.7. The zero-order valence-electron chi connectivity index (χ0n) is 14.6. The van der Waals surface area contributed by atoms with Crippen LogP contribution in [0.2, 0.25) is 0 Å². The highest BCUT2D eigenvalue weighted by Crippen LogP contribution is 2.20. The summed E-state index contributed by atoms with van der Waals surface area (Å²) in [5, 5.41) is 14.8. The third-order valence-corrected chi connectivity index (χ3v) is 5.21. The molecule has 0 spiro atoms. The van der Waals surface area contributed by atoms with Gasteiger partial charge in [-0.15, -0.1) is 10.2 Å². The highest BCUT2D eigenvalue weighted by molar-refractivity contribution is 5.90. The minimum absolute atomic E-state index is 0.147. The molecular weight excluding hydrogens is 316 g/mol. The predicted molar refractivity (Wildman–Crippen MR) is 93.1 cm³/mol. The smallest absolute Gasteiger partial charge is 0.289 e. The molecule has 0 saturated heterocycles. The molecule has 0 aromatic carbocycles. The normalized spacial score (nSPS) is 16.7. The quantitative estimate of drug-likeness (QED) is 0.879. The summed E-state index contributed by atoms with van der Waals surface area (Å²) >= 11 is 0. The summed E-state index contributed by atoms with van der Waals surface area (Å²) in [5.74, 6) is 1.23. The Labute approximate surface area is 147 Å². The SMILES string of the molecule is Cc1ncc2c(c1CNC(=O)c1nnc3n1CCCCC3)CCNC2. The van der Waals surface area contributed by atoms with Gasteiger partial charge in [0.25, 0.3) is 5.91 Å². The van der Waals surface area contributed by atoms with Crippen molar-refractivity contribution in [3.8, 4) is 0 Å². The molecule has 25 heavy (non-hydrogen) atoms. The molecule has 0 unspecified atom stereocenters. The van der Waals surface area contributed by atoms with E-state index in [1.165, 1.54) is 17.5 Å². The molecule has 7 nitrogen and oxygen atoms in total. The summed E-state index contributed by atoms with van der Waals surface area (Å²) < 4.78 is 1.98.